The molecule has 2 amide bonds. The van der Waals surface area contributed by atoms with Crippen molar-refractivity contribution in [2.24, 2.45) is 0 Å². The van der Waals surface area contributed by atoms with Crippen molar-refractivity contribution in [3.05, 3.63) is 0 Å². The number of likely N-dealkylation sites (N-methyl/N-ethyl adjacent to an activating group) is 1. The average Bonchev–Trinajstić information content (AvgIpc) is 2.15. The molecule has 0 saturated heterocycles. The standard InChI is InChI=1S/C9H18N2O4/c1-6-15-8(13)10-9(2,3)7(12)11(4)14-5/h6H2,1-5H3,(H,10,13). The van der Waals surface area contributed by atoms with Crippen LogP contribution in [0.15, 0.2) is 0 Å². The molecule has 88 valence electrons. The molecule has 0 aromatic heterocycles. The molecule has 0 atom stereocenters. The van der Waals surface area contributed by atoms with Gasteiger partial charge in [-0.15, -0.1) is 0 Å². The minimum atomic E-state index is -1.06. The van der Waals surface area contributed by atoms with Gasteiger partial charge in [0, 0.05) is 7.05 Å². The molecule has 15 heavy (non-hydrogen) atoms. The maximum atomic E-state index is 11.7. The number of nitrogens with zero attached hydrogens (tertiary/aromatic N) is 1. The highest BCUT2D eigenvalue weighted by Crippen LogP contribution is 2.07. The van der Waals surface area contributed by atoms with Gasteiger partial charge < -0.3 is 10.1 Å². The van der Waals surface area contributed by atoms with Crippen LogP contribution in [-0.4, -0.2) is 43.4 Å². The molecule has 0 saturated carbocycles. The third kappa shape index (κ3) is 4.16. The van der Waals surface area contributed by atoms with Crippen LogP contribution in [0.5, 0.6) is 0 Å². The Hall–Kier alpha value is -1.30. The first-order valence-electron chi connectivity index (χ1n) is 4.62. The number of rotatable bonds is 4. The Kier molecular flexibility index (Phi) is 5.07. The summed E-state index contributed by atoms with van der Waals surface area (Å²) in [6.45, 7) is 5.09. The lowest BCUT2D eigenvalue weighted by atomic mass is 10.1. The fourth-order valence-corrected chi connectivity index (χ4v) is 0.952. The second-order valence-electron chi connectivity index (χ2n) is 3.46. The number of carbonyl (C=O) groups is 2. The lowest BCUT2D eigenvalue weighted by molar-refractivity contribution is -0.174. The van der Waals surface area contributed by atoms with E-state index in [1.54, 1.807) is 20.8 Å². The average molecular weight is 218 g/mol. The molecule has 1 N–H and O–H groups in total. The number of hydroxylamine groups is 2. The van der Waals surface area contributed by atoms with Gasteiger partial charge >= 0.3 is 6.09 Å². The predicted octanol–water partition coefficient (Wildman–Crippen LogP) is 0.531. The number of hydrogen-bond donors (Lipinski definition) is 1. The largest absolute Gasteiger partial charge is 0.450 e. The topological polar surface area (TPSA) is 67.9 Å². The number of alkyl carbamates (subject to hydrolysis) is 1. The van der Waals surface area contributed by atoms with Crippen molar-refractivity contribution in [2.45, 2.75) is 26.3 Å². The van der Waals surface area contributed by atoms with E-state index in [-0.39, 0.29) is 12.5 Å². The monoisotopic (exact) mass is 218 g/mol. The van der Waals surface area contributed by atoms with Crippen LogP contribution in [-0.2, 0) is 14.4 Å². The molecule has 0 aromatic rings. The quantitative estimate of drug-likeness (QED) is 0.699. The zero-order valence-corrected chi connectivity index (χ0v) is 9.79. The number of hydrogen-bond acceptors (Lipinski definition) is 4. The van der Waals surface area contributed by atoms with E-state index in [2.05, 4.69) is 10.1 Å². The van der Waals surface area contributed by atoms with E-state index >= 15 is 0 Å². The van der Waals surface area contributed by atoms with Crippen molar-refractivity contribution in [2.75, 3.05) is 20.8 Å². The second-order valence-corrected chi connectivity index (χ2v) is 3.46. The van der Waals surface area contributed by atoms with Crippen molar-refractivity contribution in [1.29, 1.82) is 0 Å². The van der Waals surface area contributed by atoms with Crippen LogP contribution in [0.2, 0.25) is 0 Å². The van der Waals surface area contributed by atoms with Crippen molar-refractivity contribution >= 4 is 12.0 Å². The minimum absolute atomic E-state index is 0.260. The molecule has 0 bridgehead atoms. The molecule has 0 spiro atoms. The van der Waals surface area contributed by atoms with E-state index in [4.69, 9.17) is 4.84 Å². The molecule has 6 nitrogen and oxygen atoms in total. The molecule has 0 fully saturated rings. The molecule has 0 aliphatic heterocycles. The molecule has 6 heteroatoms. The van der Waals surface area contributed by atoms with Gasteiger partial charge in [0.2, 0.25) is 0 Å². The van der Waals surface area contributed by atoms with E-state index < -0.39 is 11.6 Å². The Bertz CT molecular complexity index is 240. The van der Waals surface area contributed by atoms with Crippen molar-refractivity contribution in [1.82, 2.24) is 10.4 Å². The third-order valence-electron chi connectivity index (χ3n) is 1.78. The lowest BCUT2D eigenvalue weighted by Crippen LogP contribution is -2.54. The highest BCUT2D eigenvalue weighted by atomic mass is 16.7. The molecule has 0 aliphatic rings. The number of amides is 2. The summed E-state index contributed by atoms with van der Waals surface area (Å²) in [5.41, 5.74) is -1.06. The first kappa shape index (κ1) is 13.7. The maximum Gasteiger partial charge on any atom is 0.407 e. The van der Waals surface area contributed by atoms with Crippen LogP contribution < -0.4 is 5.32 Å². The molecule has 0 radical (unpaired) electrons. The smallest absolute Gasteiger partial charge is 0.407 e. The number of ether oxygens (including phenoxy) is 1. The van der Waals surface area contributed by atoms with Crippen LogP contribution in [0.1, 0.15) is 20.8 Å². The van der Waals surface area contributed by atoms with Crippen molar-refractivity contribution in [3.8, 4) is 0 Å². The summed E-state index contributed by atoms with van der Waals surface area (Å²) < 4.78 is 4.68. The van der Waals surface area contributed by atoms with Gasteiger partial charge in [-0.05, 0) is 20.8 Å². The van der Waals surface area contributed by atoms with Gasteiger partial charge in [-0.3, -0.25) is 9.63 Å². The van der Waals surface area contributed by atoms with Gasteiger partial charge in [0.1, 0.15) is 5.54 Å². The van der Waals surface area contributed by atoms with Gasteiger partial charge in [-0.1, -0.05) is 0 Å². The van der Waals surface area contributed by atoms with Crippen molar-refractivity contribution < 1.29 is 19.2 Å². The van der Waals surface area contributed by atoms with Crippen LogP contribution in [0, 0.1) is 0 Å². The minimum Gasteiger partial charge on any atom is -0.450 e. The molecule has 0 rings (SSSR count). The van der Waals surface area contributed by atoms with Gasteiger partial charge in [-0.25, -0.2) is 9.86 Å². The van der Waals surface area contributed by atoms with E-state index in [0.717, 1.165) is 5.06 Å². The zero-order valence-electron chi connectivity index (χ0n) is 9.79. The van der Waals surface area contributed by atoms with E-state index in [0.29, 0.717) is 0 Å². The zero-order chi connectivity index (χ0) is 12.1. The van der Waals surface area contributed by atoms with Gasteiger partial charge in [0.25, 0.3) is 5.91 Å². The fraction of sp³-hybridized carbons (Fsp3) is 0.778. The molecule has 0 aliphatic carbocycles. The Labute approximate surface area is 89.5 Å². The van der Waals surface area contributed by atoms with Crippen LogP contribution in [0.3, 0.4) is 0 Å². The summed E-state index contributed by atoms with van der Waals surface area (Å²) in [5.74, 6) is -0.363. The first-order chi connectivity index (χ1) is 6.85. The summed E-state index contributed by atoms with van der Waals surface area (Å²) in [7, 11) is 2.84. The van der Waals surface area contributed by atoms with E-state index in [9.17, 15) is 9.59 Å². The predicted molar refractivity (Wildman–Crippen MR) is 54.0 cm³/mol. The normalized spacial score (nSPS) is 10.7. The van der Waals surface area contributed by atoms with Crippen molar-refractivity contribution in [3.63, 3.8) is 0 Å². The van der Waals surface area contributed by atoms with Gasteiger partial charge in [0.05, 0.1) is 13.7 Å². The SMILES string of the molecule is CCOC(=O)NC(C)(C)C(=O)N(C)OC. The molecule has 0 aromatic carbocycles. The highest BCUT2D eigenvalue weighted by Gasteiger charge is 2.32. The number of carbonyl (C=O) groups excluding carboxylic acids is 2. The molecule has 0 unspecified atom stereocenters. The molecule has 0 heterocycles. The van der Waals surface area contributed by atoms with Gasteiger partial charge in [0.15, 0.2) is 0 Å². The Morgan fingerprint density at radius 2 is 1.93 bits per heavy atom. The lowest BCUT2D eigenvalue weighted by Gasteiger charge is -2.28. The first-order valence-corrected chi connectivity index (χ1v) is 4.62. The van der Waals surface area contributed by atoms with E-state index in [1.165, 1.54) is 14.2 Å². The summed E-state index contributed by atoms with van der Waals surface area (Å²) in [6.07, 6.45) is -0.625. The Balaban J connectivity index is 4.40. The summed E-state index contributed by atoms with van der Waals surface area (Å²) in [5, 5.41) is 3.49. The third-order valence-corrected chi connectivity index (χ3v) is 1.78. The van der Waals surface area contributed by atoms with E-state index in [1.807, 2.05) is 0 Å². The van der Waals surface area contributed by atoms with Crippen LogP contribution in [0.25, 0.3) is 0 Å². The fourth-order valence-electron chi connectivity index (χ4n) is 0.952. The second kappa shape index (κ2) is 5.55. The van der Waals surface area contributed by atoms with Crippen LogP contribution >= 0.6 is 0 Å². The summed E-state index contributed by atoms with van der Waals surface area (Å²) in [4.78, 5) is 27.5. The maximum absolute atomic E-state index is 11.7. The summed E-state index contributed by atoms with van der Waals surface area (Å²) in [6, 6.07) is 0. The highest BCUT2D eigenvalue weighted by molar-refractivity contribution is 5.88. The summed E-state index contributed by atoms with van der Waals surface area (Å²) >= 11 is 0. The molecular formula is C9H18N2O4. The van der Waals surface area contributed by atoms with Crippen LogP contribution in [0.4, 0.5) is 4.79 Å². The van der Waals surface area contributed by atoms with Gasteiger partial charge in [-0.2, -0.15) is 0 Å². The Morgan fingerprint density at radius 1 is 1.40 bits per heavy atom. The molecular weight excluding hydrogens is 200 g/mol. The number of nitrogens with one attached hydrogen (secondary N) is 1. The Morgan fingerprint density at radius 3 is 2.33 bits per heavy atom.